The molecule has 6 heteroatoms. The van der Waals surface area contributed by atoms with Crippen molar-refractivity contribution in [3.05, 3.63) is 0 Å². The monoisotopic (exact) mass is 279 g/mol. The molecule has 1 aliphatic rings. The first-order valence-corrected chi connectivity index (χ1v) is 9.27. The molecule has 1 fully saturated rings. The Morgan fingerprint density at radius 2 is 2.18 bits per heavy atom. The summed E-state index contributed by atoms with van der Waals surface area (Å²) in [6, 6.07) is -0.109. The van der Waals surface area contributed by atoms with Crippen LogP contribution in [-0.4, -0.2) is 55.8 Å². The van der Waals surface area contributed by atoms with Gasteiger partial charge in [-0.25, -0.2) is 8.42 Å². The highest BCUT2D eigenvalue weighted by molar-refractivity contribution is 7.98. The lowest BCUT2D eigenvalue weighted by Crippen LogP contribution is -2.42. The van der Waals surface area contributed by atoms with Crippen molar-refractivity contribution in [1.82, 2.24) is 4.90 Å². The number of thioether (sulfide) groups is 1. The van der Waals surface area contributed by atoms with E-state index in [1.54, 1.807) is 16.7 Å². The van der Waals surface area contributed by atoms with Crippen molar-refractivity contribution in [1.29, 1.82) is 0 Å². The topological polar surface area (TPSA) is 54.5 Å². The molecule has 1 saturated heterocycles. The molecule has 0 radical (unpaired) electrons. The van der Waals surface area contributed by atoms with E-state index < -0.39 is 9.84 Å². The molecule has 17 heavy (non-hydrogen) atoms. The van der Waals surface area contributed by atoms with Gasteiger partial charge < -0.3 is 4.90 Å². The number of sulfone groups is 1. The van der Waals surface area contributed by atoms with Crippen LogP contribution in [0.2, 0.25) is 0 Å². The van der Waals surface area contributed by atoms with E-state index in [1.807, 2.05) is 13.2 Å². The second-order valence-corrected chi connectivity index (χ2v) is 7.87. The zero-order chi connectivity index (χ0) is 13.1. The minimum Gasteiger partial charge on any atom is -0.338 e. The molecular formula is C11H21NO3S2. The van der Waals surface area contributed by atoms with E-state index in [1.165, 1.54) is 6.26 Å². The third kappa shape index (κ3) is 4.50. The summed E-state index contributed by atoms with van der Waals surface area (Å²) < 4.78 is 22.6. The molecule has 100 valence electrons. The van der Waals surface area contributed by atoms with Crippen LogP contribution in [0, 0.1) is 5.92 Å². The van der Waals surface area contributed by atoms with Crippen LogP contribution in [0.3, 0.4) is 0 Å². The minimum atomic E-state index is -3.01. The summed E-state index contributed by atoms with van der Waals surface area (Å²) in [6.45, 7) is 2.62. The van der Waals surface area contributed by atoms with Crippen molar-refractivity contribution in [2.24, 2.45) is 5.92 Å². The Kier molecular flexibility index (Phi) is 5.31. The highest BCUT2D eigenvalue weighted by Gasteiger charge is 2.32. The average molecular weight is 279 g/mol. The minimum absolute atomic E-state index is 0.0230. The molecule has 4 nitrogen and oxygen atoms in total. The van der Waals surface area contributed by atoms with E-state index in [-0.39, 0.29) is 23.6 Å². The van der Waals surface area contributed by atoms with Gasteiger partial charge in [0.15, 0.2) is 0 Å². The van der Waals surface area contributed by atoms with Crippen LogP contribution in [-0.2, 0) is 14.6 Å². The first-order chi connectivity index (χ1) is 7.85. The highest BCUT2D eigenvalue weighted by atomic mass is 32.2. The number of amides is 1. The summed E-state index contributed by atoms with van der Waals surface area (Å²) in [7, 11) is -3.01. The van der Waals surface area contributed by atoms with E-state index in [0.717, 1.165) is 18.6 Å². The molecule has 0 aromatic heterocycles. The van der Waals surface area contributed by atoms with Gasteiger partial charge >= 0.3 is 0 Å². The van der Waals surface area contributed by atoms with Crippen LogP contribution in [0.1, 0.15) is 19.8 Å². The summed E-state index contributed by atoms with van der Waals surface area (Å²) >= 11 is 1.65. The van der Waals surface area contributed by atoms with Gasteiger partial charge in [-0.3, -0.25) is 4.79 Å². The molecule has 1 heterocycles. The van der Waals surface area contributed by atoms with E-state index >= 15 is 0 Å². The number of carbonyl (C=O) groups is 1. The lowest BCUT2D eigenvalue weighted by atomic mass is 10.1. The van der Waals surface area contributed by atoms with Crippen LogP contribution >= 0.6 is 11.8 Å². The fourth-order valence-corrected chi connectivity index (χ4v) is 3.94. The van der Waals surface area contributed by atoms with Gasteiger partial charge in [0.25, 0.3) is 0 Å². The van der Waals surface area contributed by atoms with Crippen molar-refractivity contribution in [2.75, 3.05) is 30.6 Å². The van der Waals surface area contributed by atoms with Gasteiger partial charge in [0.05, 0.1) is 5.75 Å². The Labute approximate surface area is 108 Å². The van der Waals surface area contributed by atoms with E-state index in [9.17, 15) is 13.2 Å². The van der Waals surface area contributed by atoms with Crippen LogP contribution < -0.4 is 0 Å². The zero-order valence-electron chi connectivity index (χ0n) is 10.7. The number of nitrogens with zero attached hydrogens (tertiary/aromatic N) is 1. The summed E-state index contributed by atoms with van der Waals surface area (Å²) in [5.41, 5.74) is 0. The molecule has 0 saturated carbocycles. The lowest BCUT2D eigenvalue weighted by Gasteiger charge is -2.26. The third-order valence-corrected chi connectivity index (χ3v) is 4.82. The Morgan fingerprint density at radius 3 is 2.71 bits per heavy atom. The summed E-state index contributed by atoms with van der Waals surface area (Å²) in [4.78, 5) is 13.9. The van der Waals surface area contributed by atoms with Crippen LogP contribution in [0.25, 0.3) is 0 Å². The molecule has 0 bridgehead atoms. The summed E-state index contributed by atoms with van der Waals surface area (Å²) in [5.74, 6) is 0.974. The van der Waals surface area contributed by atoms with Crippen LogP contribution in [0.15, 0.2) is 0 Å². The standard InChI is InChI=1S/C11H21NO3S2/c1-9(7-16-2)11(13)12-6-4-5-10(12)8-17(3,14)15/h9-10H,4-8H2,1-3H3/t9?,10-/m1/s1. The number of rotatable bonds is 5. The molecule has 2 atom stereocenters. The maximum atomic E-state index is 12.1. The van der Waals surface area contributed by atoms with Gasteiger partial charge in [0.2, 0.25) is 5.91 Å². The average Bonchev–Trinajstić information content (AvgIpc) is 2.62. The largest absolute Gasteiger partial charge is 0.338 e. The Morgan fingerprint density at radius 1 is 1.53 bits per heavy atom. The van der Waals surface area contributed by atoms with Crippen molar-refractivity contribution >= 4 is 27.5 Å². The van der Waals surface area contributed by atoms with E-state index in [4.69, 9.17) is 0 Å². The number of likely N-dealkylation sites (tertiary alicyclic amines) is 1. The number of hydrogen-bond acceptors (Lipinski definition) is 4. The Bertz CT molecular complexity index is 367. The quantitative estimate of drug-likeness (QED) is 0.754. The maximum Gasteiger partial charge on any atom is 0.226 e. The molecule has 1 rings (SSSR count). The molecule has 1 unspecified atom stereocenters. The second-order valence-electron chi connectivity index (χ2n) is 4.78. The molecule has 0 N–H and O–H groups in total. The van der Waals surface area contributed by atoms with Gasteiger partial charge in [-0.15, -0.1) is 0 Å². The Hall–Kier alpha value is -0.230. The third-order valence-electron chi connectivity index (χ3n) is 2.99. The second kappa shape index (κ2) is 6.09. The summed E-state index contributed by atoms with van der Waals surface area (Å²) in [5, 5.41) is 0. The van der Waals surface area contributed by atoms with E-state index in [0.29, 0.717) is 6.54 Å². The number of carbonyl (C=O) groups excluding carboxylic acids is 1. The molecule has 0 spiro atoms. The molecule has 0 aromatic rings. The summed E-state index contributed by atoms with van der Waals surface area (Å²) in [6.07, 6.45) is 4.93. The predicted octanol–water partition coefficient (Wildman–Crippen LogP) is 1.02. The van der Waals surface area contributed by atoms with Gasteiger partial charge in [-0.05, 0) is 19.1 Å². The fraction of sp³-hybridized carbons (Fsp3) is 0.909. The number of hydrogen-bond donors (Lipinski definition) is 0. The Balaban J connectivity index is 2.66. The molecule has 1 amide bonds. The van der Waals surface area contributed by atoms with Gasteiger partial charge in [-0.1, -0.05) is 6.92 Å². The lowest BCUT2D eigenvalue weighted by molar-refractivity contribution is -0.134. The fourth-order valence-electron chi connectivity index (χ4n) is 2.25. The van der Waals surface area contributed by atoms with Crippen molar-refractivity contribution in [2.45, 2.75) is 25.8 Å². The van der Waals surface area contributed by atoms with Crippen molar-refractivity contribution < 1.29 is 13.2 Å². The van der Waals surface area contributed by atoms with Gasteiger partial charge in [0, 0.05) is 30.5 Å². The van der Waals surface area contributed by atoms with E-state index in [2.05, 4.69) is 0 Å². The first-order valence-electron chi connectivity index (χ1n) is 5.82. The van der Waals surface area contributed by atoms with Crippen molar-refractivity contribution in [3.8, 4) is 0 Å². The molecule has 0 aliphatic carbocycles. The predicted molar refractivity (Wildman–Crippen MR) is 72.0 cm³/mol. The molecule has 1 aliphatic heterocycles. The van der Waals surface area contributed by atoms with Crippen molar-refractivity contribution in [3.63, 3.8) is 0 Å². The van der Waals surface area contributed by atoms with Crippen LogP contribution in [0.4, 0.5) is 0 Å². The maximum absolute atomic E-state index is 12.1. The van der Waals surface area contributed by atoms with Gasteiger partial charge in [0.1, 0.15) is 9.84 Å². The van der Waals surface area contributed by atoms with Crippen LogP contribution in [0.5, 0.6) is 0 Å². The molecule has 0 aromatic carbocycles. The van der Waals surface area contributed by atoms with Gasteiger partial charge in [-0.2, -0.15) is 11.8 Å². The zero-order valence-corrected chi connectivity index (χ0v) is 12.3. The highest BCUT2D eigenvalue weighted by Crippen LogP contribution is 2.22. The normalized spacial score (nSPS) is 22.8. The SMILES string of the molecule is CSCC(C)C(=O)N1CCC[C@@H]1CS(C)(=O)=O. The molecular weight excluding hydrogens is 258 g/mol. The smallest absolute Gasteiger partial charge is 0.226 e. The first kappa shape index (κ1) is 14.8.